The molecule has 0 saturated heterocycles. The quantitative estimate of drug-likeness (QED) is 0.567. The lowest BCUT2D eigenvalue weighted by molar-refractivity contribution is 0.0991. The highest BCUT2D eigenvalue weighted by molar-refractivity contribution is 6.33. The van der Waals surface area contributed by atoms with Crippen molar-refractivity contribution >= 4 is 17.4 Å². The van der Waals surface area contributed by atoms with E-state index >= 15 is 0 Å². The molecule has 20 heavy (non-hydrogen) atoms. The van der Waals surface area contributed by atoms with Crippen LogP contribution in [-0.4, -0.2) is 40.3 Å². The number of alkyl halides is 1. The van der Waals surface area contributed by atoms with Crippen molar-refractivity contribution in [3.63, 3.8) is 0 Å². The molecule has 1 heterocycles. The summed E-state index contributed by atoms with van der Waals surface area (Å²) in [5.74, 6) is 0.0188. The zero-order valence-corrected chi connectivity index (χ0v) is 14.3. The zero-order valence-electron chi connectivity index (χ0n) is 13.5. The van der Waals surface area contributed by atoms with Gasteiger partial charge in [0.1, 0.15) is 0 Å². The summed E-state index contributed by atoms with van der Waals surface area (Å²) in [6, 6.07) is 2.53. The SMILES string of the molecule is Cc1cc(C(=O)C(C)Cl)c(C)n1CCCN(C)C(C)C. The summed E-state index contributed by atoms with van der Waals surface area (Å²) in [7, 11) is 2.14. The number of rotatable bonds is 7. The highest BCUT2D eigenvalue weighted by Gasteiger charge is 2.19. The first-order valence-electron chi connectivity index (χ1n) is 7.31. The van der Waals surface area contributed by atoms with E-state index in [0.717, 1.165) is 36.5 Å². The molecule has 1 rings (SSSR count). The molecule has 1 unspecified atom stereocenters. The van der Waals surface area contributed by atoms with Gasteiger partial charge in [-0.2, -0.15) is 0 Å². The van der Waals surface area contributed by atoms with E-state index in [1.54, 1.807) is 6.92 Å². The van der Waals surface area contributed by atoms with Gasteiger partial charge in [0, 0.05) is 29.5 Å². The van der Waals surface area contributed by atoms with Gasteiger partial charge in [-0.1, -0.05) is 0 Å². The molecule has 0 radical (unpaired) electrons. The molecule has 0 bridgehead atoms. The third-order valence-corrected chi connectivity index (χ3v) is 4.17. The van der Waals surface area contributed by atoms with E-state index in [-0.39, 0.29) is 5.78 Å². The summed E-state index contributed by atoms with van der Waals surface area (Å²) in [6.45, 7) is 12.2. The molecular weight excluding hydrogens is 272 g/mol. The first-order chi connectivity index (χ1) is 9.25. The Morgan fingerprint density at radius 1 is 1.35 bits per heavy atom. The van der Waals surface area contributed by atoms with Crippen molar-refractivity contribution in [3.8, 4) is 0 Å². The normalized spacial score (nSPS) is 13.2. The number of aryl methyl sites for hydroxylation is 1. The minimum atomic E-state index is -0.462. The lowest BCUT2D eigenvalue weighted by Gasteiger charge is -2.21. The molecular formula is C16H27ClN2O. The number of Topliss-reactive ketones (excluding diaryl/α,β-unsaturated/α-hetero) is 1. The molecule has 3 nitrogen and oxygen atoms in total. The number of carbonyl (C=O) groups excluding carboxylic acids is 1. The fourth-order valence-corrected chi connectivity index (χ4v) is 2.46. The fraction of sp³-hybridized carbons (Fsp3) is 0.688. The Balaban J connectivity index is 2.75. The summed E-state index contributed by atoms with van der Waals surface area (Å²) >= 11 is 5.91. The molecule has 0 amide bonds. The Bertz CT molecular complexity index is 463. The summed E-state index contributed by atoms with van der Waals surface area (Å²) in [4.78, 5) is 14.4. The lowest BCUT2D eigenvalue weighted by atomic mass is 10.1. The van der Waals surface area contributed by atoms with E-state index < -0.39 is 5.38 Å². The van der Waals surface area contributed by atoms with Gasteiger partial charge in [0.15, 0.2) is 5.78 Å². The second-order valence-electron chi connectivity index (χ2n) is 5.84. The molecule has 114 valence electrons. The molecule has 1 aromatic heterocycles. The molecule has 4 heteroatoms. The van der Waals surface area contributed by atoms with Gasteiger partial charge in [-0.25, -0.2) is 0 Å². The van der Waals surface area contributed by atoms with E-state index in [1.807, 2.05) is 13.0 Å². The Hall–Kier alpha value is -0.800. The number of ketones is 1. The molecule has 0 aromatic carbocycles. The van der Waals surface area contributed by atoms with Crippen molar-refractivity contribution in [3.05, 3.63) is 23.0 Å². The predicted octanol–water partition coefficient (Wildman–Crippen LogP) is 3.65. The van der Waals surface area contributed by atoms with E-state index in [0.29, 0.717) is 6.04 Å². The van der Waals surface area contributed by atoms with Crippen LogP contribution < -0.4 is 0 Å². The minimum Gasteiger partial charge on any atom is -0.348 e. The van der Waals surface area contributed by atoms with Gasteiger partial charge in [-0.3, -0.25) is 4.79 Å². The van der Waals surface area contributed by atoms with Crippen LogP contribution in [0.4, 0.5) is 0 Å². The molecule has 0 N–H and O–H groups in total. The third kappa shape index (κ3) is 4.10. The van der Waals surface area contributed by atoms with Gasteiger partial charge in [-0.05, 0) is 60.7 Å². The average Bonchev–Trinajstić information content (AvgIpc) is 2.64. The van der Waals surface area contributed by atoms with Crippen molar-refractivity contribution in [2.45, 2.75) is 59.0 Å². The number of hydrogen-bond acceptors (Lipinski definition) is 2. The van der Waals surface area contributed by atoms with Crippen LogP contribution in [0, 0.1) is 13.8 Å². The molecule has 1 aromatic rings. The van der Waals surface area contributed by atoms with Crippen molar-refractivity contribution in [1.29, 1.82) is 0 Å². The zero-order chi connectivity index (χ0) is 15.4. The van der Waals surface area contributed by atoms with Crippen LogP contribution in [0.5, 0.6) is 0 Å². The Labute approximate surface area is 127 Å². The van der Waals surface area contributed by atoms with Crippen molar-refractivity contribution in [2.75, 3.05) is 13.6 Å². The second-order valence-corrected chi connectivity index (χ2v) is 6.50. The molecule has 1 atom stereocenters. The highest BCUT2D eigenvalue weighted by atomic mass is 35.5. The molecule has 0 saturated carbocycles. The third-order valence-electron chi connectivity index (χ3n) is 3.97. The van der Waals surface area contributed by atoms with Crippen LogP contribution in [-0.2, 0) is 6.54 Å². The number of nitrogens with zero attached hydrogens (tertiary/aromatic N) is 2. The van der Waals surface area contributed by atoms with Gasteiger partial charge in [0.2, 0.25) is 0 Å². The van der Waals surface area contributed by atoms with E-state index in [1.165, 1.54) is 0 Å². The molecule has 0 aliphatic heterocycles. The Morgan fingerprint density at radius 2 is 1.95 bits per heavy atom. The molecule has 0 aliphatic carbocycles. The van der Waals surface area contributed by atoms with E-state index in [9.17, 15) is 4.79 Å². The summed E-state index contributed by atoms with van der Waals surface area (Å²) in [5.41, 5.74) is 2.93. The summed E-state index contributed by atoms with van der Waals surface area (Å²) in [5, 5.41) is -0.462. The van der Waals surface area contributed by atoms with E-state index in [2.05, 4.69) is 37.3 Å². The first kappa shape index (κ1) is 17.3. The van der Waals surface area contributed by atoms with Crippen LogP contribution in [0.15, 0.2) is 6.07 Å². The average molecular weight is 299 g/mol. The van der Waals surface area contributed by atoms with E-state index in [4.69, 9.17) is 11.6 Å². The smallest absolute Gasteiger partial charge is 0.182 e. The van der Waals surface area contributed by atoms with Gasteiger partial charge < -0.3 is 9.47 Å². The maximum atomic E-state index is 12.0. The van der Waals surface area contributed by atoms with Crippen molar-refractivity contribution in [2.24, 2.45) is 0 Å². The van der Waals surface area contributed by atoms with Gasteiger partial charge >= 0.3 is 0 Å². The van der Waals surface area contributed by atoms with Gasteiger partial charge in [0.05, 0.1) is 5.38 Å². The van der Waals surface area contributed by atoms with Crippen LogP contribution in [0.2, 0.25) is 0 Å². The van der Waals surface area contributed by atoms with Gasteiger partial charge in [-0.15, -0.1) is 11.6 Å². The number of halogens is 1. The number of hydrogen-bond donors (Lipinski definition) is 0. The Morgan fingerprint density at radius 3 is 2.45 bits per heavy atom. The predicted molar refractivity (Wildman–Crippen MR) is 85.9 cm³/mol. The van der Waals surface area contributed by atoms with Crippen LogP contribution in [0.1, 0.15) is 48.9 Å². The topological polar surface area (TPSA) is 25.2 Å². The number of carbonyl (C=O) groups is 1. The second kappa shape index (κ2) is 7.28. The van der Waals surface area contributed by atoms with Gasteiger partial charge in [0.25, 0.3) is 0 Å². The van der Waals surface area contributed by atoms with Crippen LogP contribution >= 0.6 is 11.6 Å². The molecule has 0 aliphatic rings. The maximum Gasteiger partial charge on any atom is 0.182 e. The maximum absolute atomic E-state index is 12.0. The number of aromatic nitrogens is 1. The molecule has 0 fully saturated rings. The largest absolute Gasteiger partial charge is 0.348 e. The summed E-state index contributed by atoms with van der Waals surface area (Å²) < 4.78 is 2.22. The summed E-state index contributed by atoms with van der Waals surface area (Å²) in [6.07, 6.45) is 1.08. The van der Waals surface area contributed by atoms with Crippen LogP contribution in [0.3, 0.4) is 0 Å². The monoisotopic (exact) mass is 298 g/mol. The van der Waals surface area contributed by atoms with Crippen molar-refractivity contribution < 1.29 is 4.79 Å². The lowest BCUT2D eigenvalue weighted by Crippen LogP contribution is -2.28. The van der Waals surface area contributed by atoms with Crippen LogP contribution in [0.25, 0.3) is 0 Å². The standard InChI is InChI=1S/C16H27ClN2O/c1-11(2)18(6)8-7-9-19-12(3)10-15(14(19)5)16(20)13(4)17/h10-11,13H,7-9H2,1-6H3. The Kier molecular flexibility index (Phi) is 6.28. The van der Waals surface area contributed by atoms with Crippen molar-refractivity contribution in [1.82, 2.24) is 9.47 Å². The molecule has 0 spiro atoms. The highest BCUT2D eigenvalue weighted by Crippen LogP contribution is 2.19. The fourth-order valence-electron chi connectivity index (χ4n) is 2.35. The minimum absolute atomic E-state index is 0.0188. The first-order valence-corrected chi connectivity index (χ1v) is 7.74.